The monoisotopic (exact) mass is 153 g/mol. The van der Waals surface area contributed by atoms with E-state index in [0.29, 0.717) is 5.92 Å². The molecule has 3 heteroatoms. The van der Waals surface area contributed by atoms with Gasteiger partial charge in [0.15, 0.2) is 0 Å². The largest absolute Gasteiger partial charge is 0.262 e. The SMILES string of the molecule is CC(c1cnn[nH]1)C(C)(C)C. The Hall–Kier alpha value is -0.860. The Morgan fingerprint density at radius 2 is 2.09 bits per heavy atom. The molecule has 0 radical (unpaired) electrons. The molecule has 1 unspecified atom stereocenters. The van der Waals surface area contributed by atoms with Gasteiger partial charge < -0.3 is 0 Å². The van der Waals surface area contributed by atoms with Crippen molar-refractivity contribution in [1.82, 2.24) is 15.4 Å². The van der Waals surface area contributed by atoms with Crippen molar-refractivity contribution >= 4 is 0 Å². The molecule has 1 rings (SSSR count). The molecule has 0 saturated carbocycles. The highest BCUT2D eigenvalue weighted by molar-refractivity contribution is 5.03. The minimum Gasteiger partial charge on any atom is -0.262 e. The van der Waals surface area contributed by atoms with Crippen molar-refractivity contribution in [2.45, 2.75) is 33.6 Å². The quantitative estimate of drug-likeness (QED) is 0.670. The number of hydrogen-bond acceptors (Lipinski definition) is 2. The van der Waals surface area contributed by atoms with Crippen LogP contribution in [-0.4, -0.2) is 15.4 Å². The third kappa shape index (κ3) is 1.79. The molecule has 1 aromatic heterocycles. The van der Waals surface area contributed by atoms with Crippen molar-refractivity contribution in [2.24, 2.45) is 5.41 Å². The minimum atomic E-state index is 0.272. The van der Waals surface area contributed by atoms with Gasteiger partial charge in [-0.3, -0.25) is 5.10 Å². The second kappa shape index (κ2) is 2.64. The summed E-state index contributed by atoms with van der Waals surface area (Å²) in [6, 6.07) is 0. The number of nitrogens with zero attached hydrogens (tertiary/aromatic N) is 2. The van der Waals surface area contributed by atoms with Gasteiger partial charge in [0.2, 0.25) is 0 Å². The fraction of sp³-hybridized carbons (Fsp3) is 0.750. The first-order valence-electron chi connectivity index (χ1n) is 3.88. The fourth-order valence-corrected chi connectivity index (χ4v) is 0.882. The minimum absolute atomic E-state index is 0.272. The third-order valence-electron chi connectivity index (χ3n) is 2.20. The summed E-state index contributed by atoms with van der Waals surface area (Å²) in [4.78, 5) is 0. The zero-order valence-electron chi connectivity index (χ0n) is 7.55. The summed E-state index contributed by atoms with van der Waals surface area (Å²) in [5, 5.41) is 10.3. The van der Waals surface area contributed by atoms with E-state index in [9.17, 15) is 0 Å². The van der Waals surface area contributed by atoms with Crippen LogP contribution in [0.5, 0.6) is 0 Å². The molecule has 0 aliphatic heterocycles. The Morgan fingerprint density at radius 1 is 1.45 bits per heavy atom. The maximum Gasteiger partial charge on any atom is 0.0725 e. The smallest absolute Gasteiger partial charge is 0.0725 e. The topological polar surface area (TPSA) is 41.6 Å². The van der Waals surface area contributed by atoms with Crippen molar-refractivity contribution in [2.75, 3.05) is 0 Å². The van der Waals surface area contributed by atoms with Crippen LogP contribution in [0.15, 0.2) is 6.20 Å². The van der Waals surface area contributed by atoms with E-state index in [4.69, 9.17) is 0 Å². The number of hydrogen-bond donors (Lipinski definition) is 1. The summed E-state index contributed by atoms with van der Waals surface area (Å²) >= 11 is 0. The lowest BCUT2D eigenvalue weighted by molar-refractivity contribution is 0.334. The third-order valence-corrected chi connectivity index (χ3v) is 2.20. The number of rotatable bonds is 1. The summed E-state index contributed by atoms with van der Waals surface area (Å²) in [6.45, 7) is 8.80. The molecular formula is C8H15N3. The Balaban J connectivity index is 2.78. The zero-order valence-corrected chi connectivity index (χ0v) is 7.55. The molecule has 0 spiro atoms. The van der Waals surface area contributed by atoms with Gasteiger partial charge in [-0.2, -0.15) is 0 Å². The Kier molecular flexibility index (Phi) is 1.98. The van der Waals surface area contributed by atoms with Gasteiger partial charge in [0.1, 0.15) is 0 Å². The van der Waals surface area contributed by atoms with E-state index in [1.165, 1.54) is 0 Å². The Labute approximate surface area is 67.2 Å². The molecule has 0 bridgehead atoms. The number of nitrogens with one attached hydrogen (secondary N) is 1. The number of aromatic amines is 1. The van der Waals surface area contributed by atoms with Crippen LogP contribution in [0.2, 0.25) is 0 Å². The van der Waals surface area contributed by atoms with E-state index in [1.807, 2.05) is 0 Å². The van der Waals surface area contributed by atoms with Gasteiger partial charge >= 0.3 is 0 Å². The van der Waals surface area contributed by atoms with Gasteiger partial charge in [0, 0.05) is 5.92 Å². The zero-order chi connectivity index (χ0) is 8.48. The van der Waals surface area contributed by atoms with Gasteiger partial charge in [0.05, 0.1) is 11.9 Å². The highest BCUT2D eigenvalue weighted by atomic mass is 15.3. The second-order valence-corrected chi connectivity index (χ2v) is 4.00. The van der Waals surface area contributed by atoms with Crippen LogP contribution in [0.1, 0.15) is 39.3 Å². The molecule has 0 saturated heterocycles. The molecule has 0 aliphatic carbocycles. The van der Waals surface area contributed by atoms with E-state index in [0.717, 1.165) is 5.69 Å². The maximum absolute atomic E-state index is 3.75. The average molecular weight is 153 g/mol. The van der Waals surface area contributed by atoms with Gasteiger partial charge in [0.25, 0.3) is 0 Å². The second-order valence-electron chi connectivity index (χ2n) is 4.00. The normalized spacial score (nSPS) is 14.9. The Morgan fingerprint density at radius 3 is 2.45 bits per heavy atom. The Bertz CT molecular complexity index is 208. The lowest BCUT2D eigenvalue weighted by Crippen LogP contribution is -2.15. The standard InChI is InChI=1S/C8H15N3/c1-6(8(2,3)4)7-5-9-11-10-7/h5-6H,1-4H3,(H,9,10,11). The molecule has 3 nitrogen and oxygen atoms in total. The molecular weight excluding hydrogens is 138 g/mol. The molecule has 1 aromatic rings. The fourth-order valence-electron chi connectivity index (χ4n) is 0.882. The van der Waals surface area contributed by atoms with E-state index in [1.54, 1.807) is 6.20 Å². The predicted molar refractivity (Wildman–Crippen MR) is 44.3 cm³/mol. The average Bonchev–Trinajstić information content (AvgIpc) is 2.34. The molecule has 62 valence electrons. The molecule has 0 aromatic carbocycles. The summed E-state index contributed by atoms with van der Waals surface area (Å²) in [7, 11) is 0. The van der Waals surface area contributed by atoms with Crippen LogP contribution in [0.4, 0.5) is 0 Å². The van der Waals surface area contributed by atoms with Crippen LogP contribution < -0.4 is 0 Å². The lowest BCUT2D eigenvalue weighted by atomic mass is 9.80. The van der Waals surface area contributed by atoms with Crippen molar-refractivity contribution in [1.29, 1.82) is 0 Å². The van der Waals surface area contributed by atoms with Gasteiger partial charge in [-0.15, -0.1) is 5.10 Å². The summed E-state index contributed by atoms with van der Waals surface area (Å²) in [5.41, 5.74) is 1.38. The first-order chi connectivity index (χ1) is 5.02. The maximum atomic E-state index is 3.75. The lowest BCUT2D eigenvalue weighted by Gasteiger charge is -2.25. The first-order valence-corrected chi connectivity index (χ1v) is 3.88. The predicted octanol–water partition coefficient (Wildman–Crippen LogP) is 1.95. The van der Waals surface area contributed by atoms with Crippen LogP contribution in [0.25, 0.3) is 0 Å². The number of aromatic nitrogens is 3. The van der Waals surface area contributed by atoms with Crippen LogP contribution in [0, 0.1) is 5.41 Å². The number of H-pyrrole nitrogens is 1. The molecule has 1 N–H and O–H groups in total. The molecule has 11 heavy (non-hydrogen) atoms. The summed E-state index contributed by atoms with van der Waals surface area (Å²) in [5.74, 6) is 0.470. The van der Waals surface area contributed by atoms with E-state index >= 15 is 0 Å². The molecule has 0 fully saturated rings. The molecule has 0 aliphatic rings. The van der Waals surface area contributed by atoms with Crippen molar-refractivity contribution in [3.05, 3.63) is 11.9 Å². The first kappa shape index (κ1) is 8.24. The van der Waals surface area contributed by atoms with Gasteiger partial charge in [-0.05, 0) is 5.41 Å². The van der Waals surface area contributed by atoms with Gasteiger partial charge in [-0.1, -0.05) is 32.9 Å². The van der Waals surface area contributed by atoms with Crippen molar-refractivity contribution < 1.29 is 0 Å². The van der Waals surface area contributed by atoms with E-state index in [-0.39, 0.29) is 5.41 Å². The molecule has 0 amide bonds. The van der Waals surface area contributed by atoms with Gasteiger partial charge in [-0.25, -0.2) is 0 Å². The van der Waals surface area contributed by atoms with Crippen LogP contribution in [-0.2, 0) is 0 Å². The molecule has 1 atom stereocenters. The van der Waals surface area contributed by atoms with Crippen LogP contribution >= 0.6 is 0 Å². The highest BCUT2D eigenvalue weighted by Gasteiger charge is 2.22. The van der Waals surface area contributed by atoms with Crippen LogP contribution in [0.3, 0.4) is 0 Å². The highest BCUT2D eigenvalue weighted by Crippen LogP contribution is 2.32. The van der Waals surface area contributed by atoms with Crippen molar-refractivity contribution in [3.8, 4) is 0 Å². The van der Waals surface area contributed by atoms with E-state index < -0.39 is 0 Å². The molecule has 1 heterocycles. The summed E-state index contributed by atoms with van der Waals surface area (Å²) < 4.78 is 0. The van der Waals surface area contributed by atoms with Crippen molar-refractivity contribution in [3.63, 3.8) is 0 Å². The summed E-state index contributed by atoms with van der Waals surface area (Å²) in [6.07, 6.45) is 1.79. The van der Waals surface area contributed by atoms with E-state index in [2.05, 4.69) is 43.1 Å².